The number of ether oxygens (including phenoxy) is 1. The molecule has 0 atom stereocenters. The maximum Gasteiger partial charge on any atom is 0.272 e. The van der Waals surface area contributed by atoms with Crippen LogP contribution in [0, 0.1) is 0 Å². The molecule has 0 aliphatic carbocycles. The van der Waals surface area contributed by atoms with Crippen LogP contribution in [0.3, 0.4) is 0 Å². The zero-order valence-electron chi connectivity index (χ0n) is 12.5. The van der Waals surface area contributed by atoms with E-state index in [4.69, 9.17) is 4.74 Å². The number of nitrogens with zero attached hydrogens (tertiary/aromatic N) is 4. The van der Waals surface area contributed by atoms with E-state index in [-0.39, 0.29) is 5.91 Å². The van der Waals surface area contributed by atoms with Crippen molar-refractivity contribution in [3.63, 3.8) is 0 Å². The maximum atomic E-state index is 12.5. The monoisotopic (exact) mass is 290 g/mol. The third-order valence-corrected chi connectivity index (χ3v) is 4.13. The molecule has 3 rings (SSSR count). The molecule has 1 aromatic heterocycles. The van der Waals surface area contributed by atoms with Gasteiger partial charge in [-0.15, -0.1) is 0 Å². The first-order valence-electron chi connectivity index (χ1n) is 7.50. The number of hydrogen-bond acceptors (Lipinski definition) is 5. The molecule has 0 spiro atoms. The fourth-order valence-corrected chi connectivity index (χ4v) is 2.73. The first kappa shape index (κ1) is 14.3. The number of aromatic nitrogens is 1. The van der Waals surface area contributed by atoms with Gasteiger partial charge in [0.05, 0.1) is 13.2 Å². The van der Waals surface area contributed by atoms with Gasteiger partial charge >= 0.3 is 0 Å². The maximum absolute atomic E-state index is 12.5. The minimum Gasteiger partial charge on any atom is -0.378 e. The molecule has 2 saturated heterocycles. The highest BCUT2D eigenvalue weighted by Gasteiger charge is 2.22. The largest absolute Gasteiger partial charge is 0.378 e. The summed E-state index contributed by atoms with van der Waals surface area (Å²) >= 11 is 0. The van der Waals surface area contributed by atoms with Gasteiger partial charge in [-0.25, -0.2) is 0 Å². The van der Waals surface area contributed by atoms with E-state index in [1.54, 1.807) is 6.20 Å². The van der Waals surface area contributed by atoms with Crippen molar-refractivity contribution in [2.45, 2.75) is 0 Å². The molecule has 1 aromatic rings. The number of amides is 1. The lowest BCUT2D eigenvalue weighted by molar-refractivity contribution is 0.0658. The minimum atomic E-state index is 0.0400. The molecule has 6 nitrogen and oxygen atoms in total. The van der Waals surface area contributed by atoms with Gasteiger partial charge in [0.2, 0.25) is 0 Å². The molecule has 2 fully saturated rings. The molecule has 0 unspecified atom stereocenters. The van der Waals surface area contributed by atoms with E-state index in [0.717, 1.165) is 58.2 Å². The Labute approximate surface area is 125 Å². The molecular formula is C15H22N4O2. The second-order valence-corrected chi connectivity index (χ2v) is 5.59. The average molecular weight is 290 g/mol. The predicted octanol–water partition coefficient (Wildman–Crippen LogP) is 0.306. The van der Waals surface area contributed by atoms with Gasteiger partial charge in [0.1, 0.15) is 5.69 Å². The Morgan fingerprint density at radius 1 is 1.14 bits per heavy atom. The highest BCUT2D eigenvalue weighted by atomic mass is 16.5. The van der Waals surface area contributed by atoms with Crippen LogP contribution in [0.25, 0.3) is 0 Å². The number of hydrogen-bond donors (Lipinski definition) is 0. The summed E-state index contributed by atoms with van der Waals surface area (Å²) in [6, 6.07) is 3.87. The molecule has 0 aromatic carbocycles. The van der Waals surface area contributed by atoms with Crippen LogP contribution in [-0.2, 0) is 4.74 Å². The van der Waals surface area contributed by atoms with E-state index in [1.165, 1.54) is 0 Å². The molecule has 6 heteroatoms. The fraction of sp³-hybridized carbons (Fsp3) is 0.600. The van der Waals surface area contributed by atoms with Crippen LogP contribution < -0.4 is 4.90 Å². The zero-order chi connectivity index (χ0) is 14.7. The summed E-state index contributed by atoms with van der Waals surface area (Å²) < 4.78 is 5.37. The van der Waals surface area contributed by atoms with Crippen LogP contribution in [0.15, 0.2) is 18.3 Å². The number of carbonyl (C=O) groups is 1. The first-order chi connectivity index (χ1) is 10.2. The Morgan fingerprint density at radius 2 is 1.86 bits per heavy atom. The zero-order valence-corrected chi connectivity index (χ0v) is 12.5. The second kappa shape index (κ2) is 6.41. The van der Waals surface area contributed by atoms with Crippen molar-refractivity contribution in [2.24, 2.45) is 0 Å². The SMILES string of the molecule is CN1CCN(C(=O)c2cc(N3CCOCC3)ccn2)CC1. The molecule has 0 radical (unpaired) electrons. The number of rotatable bonds is 2. The van der Waals surface area contributed by atoms with E-state index in [1.807, 2.05) is 17.0 Å². The van der Waals surface area contributed by atoms with Gasteiger partial charge in [-0.2, -0.15) is 0 Å². The molecule has 114 valence electrons. The van der Waals surface area contributed by atoms with Crippen molar-refractivity contribution in [1.29, 1.82) is 0 Å². The quantitative estimate of drug-likeness (QED) is 0.784. The molecular weight excluding hydrogens is 268 g/mol. The molecule has 0 bridgehead atoms. The van der Waals surface area contributed by atoms with Gasteiger partial charge in [0, 0.05) is 51.2 Å². The molecule has 1 amide bonds. The van der Waals surface area contributed by atoms with Crippen LogP contribution >= 0.6 is 0 Å². The number of anilines is 1. The van der Waals surface area contributed by atoms with E-state index >= 15 is 0 Å². The highest BCUT2D eigenvalue weighted by molar-refractivity contribution is 5.93. The van der Waals surface area contributed by atoms with Crippen molar-refractivity contribution >= 4 is 11.6 Å². The van der Waals surface area contributed by atoms with Crippen LogP contribution in [0.1, 0.15) is 10.5 Å². The fourth-order valence-electron chi connectivity index (χ4n) is 2.73. The Morgan fingerprint density at radius 3 is 2.57 bits per heavy atom. The van der Waals surface area contributed by atoms with Crippen LogP contribution in [0.4, 0.5) is 5.69 Å². The van der Waals surface area contributed by atoms with Crippen molar-refractivity contribution in [3.8, 4) is 0 Å². The molecule has 3 heterocycles. The van der Waals surface area contributed by atoms with E-state index in [9.17, 15) is 4.79 Å². The van der Waals surface area contributed by atoms with Crippen molar-refractivity contribution in [2.75, 3.05) is 64.4 Å². The lowest BCUT2D eigenvalue weighted by Crippen LogP contribution is -2.47. The lowest BCUT2D eigenvalue weighted by Gasteiger charge is -2.32. The number of piperazine rings is 1. The van der Waals surface area contributed by atoms with Crippen molar-refractivity contribution in [1.82, 2.24) is 14.8 Å². The van der Waals surface area contributed by atoms with Gasteiger partial charge in [-0.3, -0.25) is 9.78 Å². The van der Waals surface area contributed by atoms with Crippen LogP contribution in [0.2, 0.25) is 0 Å². The molecule has 21 heavy (non-hydrogen) atoms. The second-order valence-electron chi connectivity index (χ2n) is 5.59. The minimum absolute atomic E-state index is 0.0400. The van der Waals surface area contributed by atoms with Gasteiger partial charge in [0.25, 0.3) is 5.91 Å². The van der Waals surface area contributed by atoms with E-state index in [0.29, 0.717) is 5.69 Å². The normalized spacial score (nSPS) is 20.6. The van der Waals surface area contributed by atoms with E-state index < -0.39 is 0 Å². The summed E-state index contributed by atoms with van der Waals surface area (Å²) in [6.07, 6.45) is 1.73. The van der Waals surface area contributed by atoms with Crippen LogP contribution in [0.5, 0.6) is 0 Å². The third kappa shape index (κ3) is 3.33. The number of likely N-dealkylation sites (N-methyl/N-ethyl adjacent to an activating group) is 1. The highest BCUT2D eigenvalue weighted by Crippen LogP contribution is 2.17. The molecule has 0 N–H and O–H groups in total. The van der Waals surface area contributed by atoms with E-state index in [2.05, 4.69) is 21.8 Å². The third-order valence-electron chi connectivity index (χ3n) is 4.13. The summed E-state index contributed by atoms with van der Waals surface area (Å²) in [4.78, 5) is 23.2. The van der Waals surface area contributed by atoms with Gasteiger partial charge in [0.15, 0.2) is 0 Å². The Hall–Kier alpha value is -1.66. The average Bonchev–Trinajstić information content (AvgIpc) is 2.56. The number of pyridine rings is 1. The lowest BCUT2D eigenvalue weighted by atomic mass is 10.2. The summed E-state index contributed by atoms with van der Waals surface area (Å²) in [5, 5.41) is 0. The number of carbonyl (C=O) groups excluding carboxylic acids is 1. The summed E-state index contributed by atoms with van der Waals surface area (Å²) in [7, 11) is 2.08. The van der Waals surface area contributed by atoms with Gasteiger partial charge in [-0.05, 0) is 19.2 Å². The van der Waals surface area contributed by atoms with Gasteiger partial charge in [-0.1, -0.05) is 0 Å². The standard InChI is InChI=1S/C15H22N4O2/c1-17-4-6-19(7-5-17)15(20)14-12-13(2-3-16-14)18-8-10-21-11-9-18/h2-3,12H,4-11H2,1H3. The molecule has 2 aliphatic heterocycles. The van der Waals surface area contributed by atoms with Crippen LogP contribution in [-0.4, -0.2) is 80.2 Å². The Balaban J connectivity index is 1.71. The topological polar surface area (TPSA) is 48.9 Å². The number of morpholine rings is 1. The molecule has 2 aliphatic rings. The van der Waals surface area contributed by atoms with Crippen molar-refractivity contribution < 1.29 is 9.53 Å². The predicted molar refractivity (Wildman–Crippen MR) is 80.7 cm³/mol. The smallest absolute Gasteiger partial charge is 0.272 e. The summed E-state index contributed by atoms with van der Waals surface area (Å²) in [5.41, 5.74) is 1.61. The molecule has 0 saturated carbocycles. The first-order valence-corrected chi connectivity index (χ1v) is 7.50. The Bertz CT molecular complexity index is 494. The Kier molecular flexibility index (Phi) is 4.36. The van der Waals surface area contributed by atoms with Gasteiger partial charge < -0.3 is 19.4 Å². The summed E-state index contributed by atoms with van der Waals surface area (Å²) in [6.45, 7) is 6.62. The van der Waals surface area contributed by atoms with Crippen molar-refractivity contribution in [3.05, 3.63) is 24.0 Å². The summed E-state index contributed by atoms with van der Waals surface area (Å²) in [5.74, 6) is 0.0400.